The van der Waals surface area contributed by atoms with Gasteiger partial charge in [-0.15, -0.1) is 0 Å². The highest BCUT2D eigenvalue weighted by Crippen LogP contribution is 2.30. The van der Waals surface area contributed by atoms with Crippen LogP contribution in [-0.4, -0.2) is 27.8 Å². The highest BCUT2D eigenvalue weighted by molar-refractivity contribution is 5.63. The molecule has 0 atom stereocenters. The predicted molar refractivity (Wildman–Crippen MR) is 80.5 cm³/mol. The Balaban J connectivity index is 1.76. The monoisotopic (exact) mass is 297 g/mol. The topological polar surface area (TPSA) is 88.0 Å². The predicted octanol–water partition coefficient (Wildman–Crippen LogP) is 2.50. The number of benzene rings is 1. The van der Waals surface area contributed by atoms with Crippen LogP contribution >= 0.6 is 0 Å². The van der Waals surface area contributed by atoms with Gasteiger partial charge in [0.2, 0.25) is 0 Å². The van der Waals surface area contributed by atoms with Crippen LogP contribution in [0.3, 0.4) is 0 Å². The summed E-state index contributed by atoms with van der Waals surface area (Å²) in [5.74, 6) is 0. The van der Waals surface area contributed by atoms with E-state index in [1.807, 2.05) is 16.9 Å². The first-order chi connectivity index (χ1) is 10.7. The molecule has 112 valence electrons. The normalized spacial score (nSPS) is 15.5. The highest BCUT2D eigenvalue weighted by atomic mass is 16.6. The van der Waals surface area contributed by atoms with Gasteiger partial charge in [-0.3, -0.25) is 14.8 Å². The minimum absolute atomic E-state index is 0.0493. The Morgan fingerprint density at radius 1 is 1.36 bits per heavy atom. The van der Waals surface area contributed by atoms with E-state index in [-0.39, 0.29) is 5.69 Å². The van der Waals surface area contributed by atoms with Crippen LogP contribution < -0.4 is 4.90 Å². The van der Waals surface area contributed by atoms with Crippen LogP contribution in [0.25, 0.3) is 0 Å². The number of non-ortho nitro benzene ring substituents is 1. The Morgan fingerprint density at radius 2 is 2.14 bits per heavy atom. The van der Waals surface area contributed by atoms with Gasteiger partial charge in [-0.2, -0.15) is 10.4 Å². The molecule has 7 heteroatoms. The van der Waals surface area contributed by atoms with Gasteiger partial charge in [-0.05, 0) is 25.0 Å². The SMILES string of the molecule is N#Cc1cc([N+](=O)[O-])ccc1N1CCC(n2cccn2)CC1. The van der Waals surface area contributed by atoms with Crippen molar-refractivity contribution in [3.63, 3.8) is 0 Å². The lowest BCUT2D eigenvalue weighted by atomic mass is 10.0. The summed E-state index contributed by atoms with van der Waals surface area (Å²) in [5.41, 5.74) is 1.07. The highest BCUT2D eigenvalue weighted by Gasteiger charge is 2.23. The number of nitrogens with zero attached hydrogens (tertiary/aromatic N) is 5. The van der Waals surface area contributed by atoms with Gasteiger partial charge in [0.25, 0.3) is 5.69 Å². The number of nitriles is 1. The average Bonchev–Trinajstić information content (AvgIpc) is 3.09. The molecule has 2 heterocycles. The molecule has 0 aliphatic carbocycles. The second-order valence-electron chi connectivity index (χ2n) is 5.27. The van der Waals surface area contributed by atoms with E-state index in [0.717, 1.165) is 31.6 Å². The molecule has 0 spiro atoms. The fraction of sp³-hybridized carbons (Fsp3) is 0.333. The van der Waals surface area contributed by atoms with Gasteiger partial charge < -0.3 is 4.90 Å². The fourth-order valence-electron chi connectivity index (χ4n) is 2.87. The molecule has 7 nitrogen and oxygen atoms in total. The van der Waals surface area contributed by atoms with E-state index >= 15 is 0 Å². The molecule has 0 radical (unpaired) electrons. The number of hydrogen-bond acceptors (Lipinski definition) is 5. The zero-order valence-electron chi connectivity index (χ0n) is 11.9. The van der Waals surface area contributed by atoms with Gasteiger partial charge in [-0.25, -0.2) is 0 Å². The van der Waals surface area contributed by atoms with Gasteiger partial charge in [0.15, 0.2) is 0 Å². The van der Waals surface area contributed by atoms with Crippen LogP contribution in [0.1, 0.15) is 24.4 Å². The first kappa shape index (κ1) is 14.1. The van der Waals surface area contributed by atoms with E-state index in [1.54, 1.807) is 12.3 Å². The van der Waals surface area contributed by atoms with E-state index in [4.69, 9.17) is 0 Å². The molecule has 2 aromatic rings. The number of anilines is 1. The number of piperidine rings is 1. The third-order valence-corrected chi connectivity index (χ3v) is 4.02. The molecule has 0 bridgehead atoms. The molecule has 0 N–H and O–H groups in total. The summed E-state index contributed by atoms with van der Waals surface area (Å²) in [7, 11) is 0. The van der Waals surface area contributed by atoms with E-state index < -0.39 is 4.92 Å². The van der Waals surface area contributed by atoms with Gasteiger partial charge in [0.1, 0.15) is 6.07 Å². The molecule has 1 aromatic carbocycles. The van der Waals surface area contributed by atoms with E-state index in [2.05, 4.69) is 16.1 Å². The average molecular weight is 297 g/mol. The third-order valence-electron chi connectivity index (χ3n) is 4.02. The lowest BCUT2D eigenvalue weighted by Gasteiger charge is -2.34. The Labute approximate surface area is 127 Å². The maximum Gasteiger partial charge on any atom is 0.270 e. The van der Waals surface area contributed by atoms with Crippen molar-refractivity contribution in [3.05, 3.63) is 52.3 Å². The Kier molecular flexibility index (Phi) is 3.74. The number of nitro benzene ring substituents is 1. The Bertz CT molecular complexity index is 712. The molecule has 0 unspecified atom stereocenters. The summed E-state index contributed by atoms with van der Waals surface area (Å²) >= 11 is 0. The van der Waals surface area contributed by atoms with Gasteiger partial charge in [0, 0.05) is 37.6 Å². The molecule has 0 amide bonds. The van der Waals surface area contributed by atoms with E-state index in [0.29, 0.717) is 11.6 Å². The number of rotatable bonds is 3. The summed E-state index contributed by atoms with van der Waals surface area (Å²) in [5, 5.41) is 24.3. The van der Waals surface area contributed by atoms with Crippen molar-refractivity contribution in [3.8, 4) is 6.07 Å². The molecule has 1 fully saturated rings. The molecular weight excluding hydrogens is 282 g/mol. The molecule has 1 aliphatic heterocycles. The molecule has 1 aromatic heterocycles. The fourth-order valence-corrected chi connectivity index (χ4v) is 2.87. The smallest absolute Gasteiger partial charge is 0.270 e. The number of hydrogen-bond donors (Lipinski definition) is 0. The standard InChI is InChI=1S/C15H15N5O2/c16-11-12-10-14(20(21)22)2-3-15(12)18-8-4-13(5-9-18)19-7-1-6-17-19/h1-3,6-7,10,13H,4-5,8-9H2. The maximum absolute atomic E-state index is 10.8. The van der Waals surface area contributed by atoms with E-state index in [9.17, 15) is 15.4 Å². The minimum atomic E-state index is -0.478. The van der Waals surface area contributed by atoms with Crippen molar-refractivity contribution in [2.75, 3.05) is 18.0 Å². The van der Waals surface area contributed by atoms with Crippen molar-refractivity contribution in [1.29, 1.82) is 5.26 Å². The van der Waals surface area contributed by atoms with Gasteiger partial charge in [-0.1, -0.05) is 0 Å². The maximum atomic E-state index is 10.8. The summed E-state index contributed by atoms with van der Waals surface area (Å²) in [6.45, 7) is 1.61. The van der Waals surface area contributed by atoms with Crippen molar-refractivity contribution in [1.82, 2.24) is 9.78 Å². The van der Waals surface area contributed by atoms with Crippen LogP contribution in [0, 0.1) is 21.4 Å². The lowest BCUT2D eigenvalue weighted by Crippen LogP contribution is -2.35. The zero-order chi connectivity index (χ0) is 15.5. The summed E-state index contributed by atoms with van der Waals surface area (Å²) in [4.78, 5) is 12.4. The zero-order valence-corrected chi connectivity index (χ0v) is 11.9. The summed E-state index contributed by atoms with van der Waals surface area (Å²) < 4.78 is 1.97. The van der Waals surface area contributed by atoms with Gasteiger partial charge in [0.05, 0.1) is 22.2 Å². The lowest BCUT2D eigenvalue weighted by molar-refractivity contribution is -0.384. The first-order valence-electron chi connectivity index (χ1n) is 7.11. The molecule has 1 saturated heterocycles. The van der Waals surface area contributed by atoms with Crippen LogP contribution in [0.4, 0.5) is 11.4 Å². The molecular formula is C15H15N5O2. The van der Waals surface area contributed by atoms with Crippen molar-refractivity contribution in [2.24, 2.45) is 0 Å². The van der Waals surface area contributed by atoms with Crippen molar-refractivity contribution >= 4 is 11.4 Å². The second kappa shape index (κ2) is 5.85. The molecule has 3 rings (SSSR count). The van der Waals surface area contributed by atoms with Crippen LogP contribution in [-0.2, 0) is 0 Å². The second-order valence-corrected chi connectivity index (χ2v) is 5.27. The summed E-state index contributed by atoms with van der Waals surface area (Å²) in [6.07, 6.45) is 5.61. The van der Waals surface area contributed by atoms with Crippen molar-refractivity contribution < 1.29 is 4.92 Å². The van der Waals surface area contributed by atoms with Gasteiger partial charge >= 0.3 is 0 Å². The minimum Gasteiger partial charge on any atom is -0.370 e. The number of aromatic nitrogens is 2. The van der Waals surface area contributed by atoms with Crippen LogP contribution in [0.15, 0.2) is 36.7 Å². The van der Waals surface area contributed by atoms with Crippen LogP contribution in [0.5, 0.6) is 0 Å². The van der Waals surface area contributed by atoms with E-state index in [1.165, 1.54) is 12.1 Å². The molecule has 22 heavy (non-hydrogen) atoms. The number of nitro groups is 1. The quantitative estimate of drug-likeness (QED) is 0.641. The first-order valence-corrected chi connectivity index (χ1v) is 7.11. The Morgan fingerprint density at radius 3 is 2.73 bits per heavy atom. The third kappa shape index (κ3) is 2.63. The summed E-state index contributed by atoms with van der Waals surface area (Å²) in [6, 6.07) is 8.81. The molecule has 0 saturated carbocycles. The Hall–Kier alpha value is -2.88. The van der Waals surface area contributed by atoms with Crippen molar-refractivity contribution in [2.45, 2.75) is 18.9 Å². The molecule has 1 aliphatic rings. The van der Waals surface area contributed by atoms with Crippen LogP contribution in [0.2, 0.25) is 0 Å². The largest absolute Gasteiger partial charge is 0.370 e.